The van der Waals surface area contributed by atoms with Crippen molar-refractivity contribution >= 4 is 17.3 Å². The van der Waals surface area contributed by atoms with Crippen molar-refractivity contribution in [2.75, 3.05) is 5.73 Å². The number of carboxylic acids is 1. The Labute approximate surface area is 73.9 Å². The zero-order valence-electron chi connectivity index (χ0n) is 6.64. The first-order chi connectivity index (χ1) is 6.20. The van der Waals surface area contributed by atoms with Gasteiger partial charge in [0.1, 0.15) is 5.69 Å². The molecule has 5 heteroatoms. The summed E-state index contributed by atoms with van der Waals surface area (Å²) in [5.74, 6) is -1.01. The van der Waals surface area contributed by atoms with E-state index in [1.165, 1.54) is 0 Å². The van der Waals surface area contributed by atoms with Crippen LogP contribution in [-0.2, 0) is 4.79 Å². The van der Waals surface area contributed by atoms with Gasteiger partial charge in [0.2, 0.25) is 0 Å². The first-order valence-corrected chi connectivity index (χ1v) is 3.72. The minimum absolute atomic E-state index is 0.463. The maximum Gasteiger partial charge on any atom is 0.335 e. The Bertz CT molecular complexity index is 400. The fourth-order valence-electron chi connectivity index (χ4n) is 1.28. The lowest BCUT2D eigenvalue weighted by Gasteiger charge is -2.02. The largest absolute Gasteiger partial charge is 0.479 e. The third-order valence-corrected chi connectivity index (χ3v) is 1.90. The summed E-state index contributed by atoms with van der Waals surface area (Å²) in [4.78, 5) is 10.7. The van der Waals surface area contributed by atoms with Gasteiger partial charge < -0.3 is 10.8 Å². The Morgan fingerprint density at radius 3 is 3.00 bits per heavy atom. The number of hydrogen-bond donors (Lipinski definition) is 2. The van der Waals surface area contributed by atoms with Gasteiger partial charge in [-0.25, -0.2) is 4.79 Å². The number of benzene rings is 1. The fourth-order valence-corrected chi connectivity index (χ4v) is 1.28. The normalized spacial score (nSPS) is 18.6. The molecule has 1 heterocycles. The van der Waals surface area contributed by atoms with E-state index in [1.807, 2.05) is 0 Å². The van der Waals surface area contributed by atoms with E-state index in [9.17, 15) is 4.79 Å². The highest BCUT2D eigenvalue weighted by Crippen LogP contribution is 2.39. The molecule has 0 saturated heterocycles. The number of azo groups is 1. The van der Waals surface area contributed by atoms with Gasteiger partial charge in [-0.05, 0) is 6.07 Å². The van der Waals surface area contributed by atoms with Gasteiger partial charge in [0.05, 0.1) is 5.69 Å². The fraction of sp³-hybridized carbons (Fsp3) is 0.125. The zero-order valence-corrected chi connectivity index (χ0v) is 6.64. The first-order valence-electron chi connectivity index (χ1n) is 3.72. The Balaban J connectivity index is 2.55. The number of aliphatic carboxylic acids is 1. The Hall–Kier alpha value is -1.91. The standard InChI is InChI=1S/C8H7N3O2/c9-5-3-1-2-4-6(5)10-11-7(4)8(12)13/h1-3,7H,9H2,(H,12,13). The number of anilines is 1. The predicted octanol–water partition coefficient (Wildman–Crippen LogP) is 1.49. The summed E-state index contributed by atoms with van der Waals surface area (Å²) in [5, 5.41) is 16.1. The number of rotatable bonds is 1. The van der Waals surface area contributed by atoms with Gasteiger partial charge in [0.25, 0.3) is 0 Å². The second-order valence-electron chi connectivity index (χ2n) is 2.74. The molecular weight excluding hydrogens is 170 g/mol. The summed E-state index contributed by atoms with van der Waals surface area (Å²) >= 11 is 0. The van der Waals surface area contributed by atoms with Crippen LogP contribution in [0.1, 0.15) is 11.6 Å². The van der Waals surface area contributed by atoms with Crippen molar-refractivity contribution in [1.82, 2.24) is 0 Å². The molecule has 0 fully saturated rings. The summed E-state index contributed by atoms with van der Waals surface area (Å²) in [6.07, 6.45) is 0. The molecule has 1 unspecified atom stereocenters. The number of nitrogen functional groups attached to an aromatic ring is 1. The summed E-state index contributed by atoms with van der Waals surface area (Å²) in [6.45, 7) is 0. The molecule has 13 heavy (non-hydrogen) atoms. The molecule has 1 aromatic rings. The van der Waals surface area contributed by atoms with Crippen LogP contribution >= 0.6 is 0 Å². The lowest BCUT2D eigenvalue weighted by Crippen LogP contribution is -2.06. The molecule has 1 atom stereocenters. The number of carbonyl (C=O) groups is 1. The van der Waals surface area contributed by atoms with Crippen LogP contribution in [0.15, 0.2) is 28.4 Å². The highest BCUT2D eigenvalue weighted by molar-refractivity contribution is 5.82. The number of nitrogens with zero attached hydrogens (tertiary/aromatic N) is 2. The van der Waals surface area contributed by atoms with E-state index in [1.54, 1.807) is 18.2 Å². The van der Waals surface area contributed by atoms with E-state index < -0.39 is 12.0 Å². The molecule has 0 radical (unpaired) electrons. The van der Waals surface area contributed by atoms with Gasteiger partial charge in [-0.2, -0.15) is 10.2 Å². The molecule has 0 spiro atoms. The summed E-state index contributed by atoms with van der Waals surface area (Å²) in [5.41, 5.74) is 7.09. The number of hydrogen-bond acceptors (Lipinski definition) is 4. The van der Waals surface area contributed by atoms with Crippen molar-refractivity contribution in [3.63, 3.8) is 0 Å². The molecular formula is C8H7N3O2. The first kappa shape index (κ1) is 7.72. The smallest absolute Gasteiger partial charge is 0.335 e. The van der Waals surface area contributed by atoms with Crippen LogP contribution < -0.4 is 5.73 Å². The van der Waals surface area contributed by atoms with Crippen molar-refractivity contribution in [2.24, 2.45) is 10.2 Å². The number of carboxylic acid groups (broad SMARTS) is 1. The monoisotopic (exact) mass is 177 g/mol. The van der Waals surface area contributed by atoms with E-state index in [0.717, 1.165) is 0 Å². The SMILES string of the molecule is Nc1cccc2c1N=NC2C(=O)O. The molecule has 0 aliphatic carbocycles. The predicted molar refractivity (Wildman–Crippen MR) is 45.7 cm³/mol. The molecule has 0 saturated carbocycles. The number of fused-ring (bicyclic) bond motifs is 1. The van der Waals surface area contributed by atoms with Crippen LogP contribution in [0, 0.1) is 0 Å². The summed E-state index contributed by atoms with van der Waals surface area (Å²) in [6, 6.07) is 4.14. The molecule has 5 nitrogen and oxygen atoms in total. The number of nitrogens with two attached hydrogens (primary N) is 1. The van der Waals surface area contributed by atoms with Gasteiger partial charge in [-0.1, -0.05) is 12.1 Å². The van der Waals surface area contributed by atoms with Crippen molar-refractivity contribution in [3.8, 4) is 0 Å². The lowest BCUT2D eigenvalue weighted by molar-refractivity contribution is -0.138. The van der Waals surface area contributed by atoms with Crippen LogP contribution in [0.4, 0.5) is 11.4 Å². The molecule has 66 valence electrons. The van der Waals surface area contributed by atoms with Gasteiger partial charge in [0, 0.05) is 5.56 Å². The quantitative estimate of drug-likeness (QED) is 0.637. The maximum absolute atomic E-state index is 10.7. The molecule has 0 bridgehead atoms. The Morgan fingerprint density at radius 1 is 1.54 bits per heavy atom. The van der Waals surface area contributed by atoms with Crippen LogP contribution in [-0.4, -0.2) is 11.1 Å². The minimum atomic E-state index is -1.01. The van der Waals surface area contributed by atoms with E-state index in [-0.39, 0.29) is 0 Å². The topological polar surface area (TPSA) is 88.0 Å². The van der Waals surface area contributed by atoms with E-state index in [2.05, 4.69) is 10.2 Å². The zero-order chi connectivity index (χ0) is 9.42. The van der Waals surface area contributed by atoms with E-state index >= 15 is 0 Å². The van der Waals surface area contributed by atoms with Gasteiger partial charge in [-0.15, -0.1) is 0 Å². The minimum Gasteiger partial charge on any atom is -0.479 e. The van der Waals surface area contributed by atoms with Crippen molar-refractivity contribution in [3.05, 3.63) is 23.8 Å². The summed E-state index contributed by atoms with van der Waals surface area (Å²) in [7, 11) is 0. The third-order valence-electron chi connectivity index (χ3n) is 1.90. The van der Waals surface area contributed by atoms with Crippen LogP contribution in [0.25, 0.3) is 0 Å². The van der Waals surface area contributed by atoms with Crippen molar-refractivity contribution in [1.29, 1.82) is 0 Å². The summed E-state index contributed by atoms with van der Waals surface area (Å²) < 4.78 is 0. The van der Waals surface area contributed by atoms with Crippen LogP contribution in [0.2, 0.25) is 0 Å². The molecule has 1 aliphatic heterocycles. The Kier molecular flexibility index (Phi) is 1.51. The average molecular weight is 177 g/mol. The second-order valence-corrected chi connectivity index (χ2v) is 2.74. The van der Waals surface area contributed by atoms with E-state index in [4.69, 9.17) is 10.8 Å². The van der Waals surface area contributed by atoms with Crippen molar-refractivity contribution in [2.45, 2.75) is 6.04 Å². The molecule has 1 aliphatic rings. The lowest BCUT2D eigenvalue weighted by atomic mass is 10.1. The highest BCUT2D eigenvalue weighted by atomic mass is 16.4. The molecule has 0 amide bonds. The Morgan fingerprint density at radius 2 is 2.31 bits per heavy atom. The molecule has 0 aromatic heterocycles. The maximum atomic E-state index is 10.7. The van der Waals surface area contributed by atoms with Gasteiger partial charge in [0.15, 0.2) is 6.04 Å². The van der Waals surface area contributed by atoms with E-state index in [0.29, 0.717) is 16.9 Å². The van der Waals surface area contributed by atoms with Gasteiger partial charge >= 0.3 is 5.97 Å². The highest BCUT2D eigenvalue weighted by Gasteiger charge is 2.27. The van der Waals surface area contributed by atoms with Crippen LogP contribution in [0.5, 0.6) is 0 Å². The molecule has 2 rings (SSSR count). The molecule has 1 aromatic carbocycles. The van der Waals surface area contributed by atoms with Crippen LogP contribution in [0.3, 0.4) is 0 Å². The second kappa shape index (κ2) is 2.55. The average Bonchev–Trinajstić information content (AvgIpc) is 2.48. The van der Waals surface area contributed by atoms with Crippen molar-refractivity contribution < 1.29 is 9.90 Å². The molecule has 3 N–H and O–H groups in total. The third kappa shape index (κ3) is 1.05. The van der Waals surface area contributed by atoms with Gasteiger partial charge in [-0.3, -0.25) is 0 Å².